The van der Waals surface area contributed by atoms with E-state index in [0.717, 1.165) is 5.56 Å². The molecular formula is C14H20N4O2. The van der Waals surface area contributed by atoms with E-state index < -0.39 is 0 Å². The van der Waals surface area contributed by atoms with Crippen LogP contribution in [-0.2, 0) is 4.79 Å². The minimum absolute atomic E-state index is 0.0146. The SMILES string of the molecule is CC(N)c1cccc(NC(=O)N2CCNC(=O)CC2)c1. The molecule has 1 unspecified atom stereocenters. The van der Waals surface area contributed by atoms with Crippen LogP contribution in [-0.4, -0.2) is 36.5 Å². The third kappa shape index (κ3) is 3.71. The molecule has 0 radical (unpaired) electrons. The van der Waals surface area contributed by atoms with E-state index >= 15 is 0 Å². The number of carbonyl (C=O) groups is 2. The van der Waals surface area contributed by atoms with Crippen molar-refractivity contribution < 1.29 is 9.59 Å². The summed E-state index contributed by atoms with van der Waals surface area (Å²) < 4.78 is 0. The Morgan fingerprint density at radius 3 is 3.00 bits per heavy atom. The molecular weight excluding hydrogens is 256 g/mol. The quantitative estimate of drug-likeness (QED) is 0.754. The lowest BCUT2D eigenvalue weighted by Gasteiger charge is -2.20. The van der Waals surface area contributed by atoms with Gasteiger partial charge in [-0.15, -0.1) is 0 Å². The van der Waals surface area contributed by atoms with E-state index in [9.17, 15) is 9.59 Å². The minimum atomic E-state index is -0.191. The zero-order chi connectivity index (χ0) is 14.5. The van der Waals surface area contributed by atoms with Gasteiger partial charge in [0, 0.05) is 37.8 Å². The summed E-state index contributed by atoms with van der Waals surface area (Å²) >= 11 is 0. The molecule has 3 amide bonds. The van der Waals surface area contributed by atoms with Gasteiger partial charge in [-0.2, -0.15) is 0 Å². The second-order valence-corrected chi connectivity index (χ2v) is 4.93. The molecule has 1 saturated heterocycles. The Hall–Kier alpha value is -2.08. The van der Waals surface area contributed by atoms with Crippen LogP contribution in [0.4, 0.5) is 10.5 Å². The lowest BCUT2D eigenvalue weighted by Crippen LogP contribution is -2.37. The van der Waals surface area contributed by atoms with Crippen LogP contribution in [0.1, 0.15) is 24.9 Å². The fourth-order valence-corrected chi connectivity index (χ4v) is 2.07. The maximum atomic E-state index is 12.2. The van der Waals surface area contributed by atoms with E-state index in [1.165, 1.54) is 0 Å². The van der Waals surface area contributed by atoms with Crippen LogP contribution in [0.2, 0.25) is 0 Å². The zero-order valence-corrected chi connectivity index (χ0v) is 11.6. The molecule has 0 bridgehead atoms. The summed E-state index contributed by atoms with van der Waals surface area (Å²) in [6.45, 7) is 3.34. The highest BCUT2D eigenvalue weighted by atomic mass is 16.2. The molecule has 1 aromatic rings. The van der Waals surface area contributed by atoms with E-state index in [-0.39, 0.29) is 18.0 Å². The summed E-state index contributed by atoms with van der Waals surface area (Å²) in [4.78, 5) is 25.0. The van der Waals surface area contributed by atoms with Crippen LogP contribution in [0, 0.1) is 0 Å². The Labute approximate surface area is 118 Å². The predicted molar refractivity (Wildman–Crippen MR) is 77.3 cm³/mol. The van der Waals surface area contributed by atoms with Gasteiger partial charge in [0.25, 0.3) is 0 Å². The summed E-state index contributed by atoms with van der Waals surface area (Å²) in [5.74, 6) is -0.0146. The summed E-state index contributed by atoms with van der Waals surface area (Å²) in [5.41, 5.74) is 7.51. The molecule has 1 aliphatic heterocycles. The number of urea groups is 1. The zero-order valence-electron chi connectivity index (χ0n) is 11.6. The summed E-state index contributed by atoms with van der Waals surface area (Å²) in [5, 5.41) is 5.58. The van der Waals surface area contributed by atoms with Gasteiger partial charge in [-0.25, -0.2) is 4.79 Å². The molecule has 1 atom stereocenters. The number of nitrogens with one attached hydrogen (secondary N) is 2. The molecule has 20 heavy (non-hydrogen) atoms. The Kier molecular flexibility index (Phi) is 4.57. The maximum Gasteiger partial charge on any atom is 0.321 e. The number of rotatable bonds is 2. The number of carbonyl (C=O) groups excluding carboxylic acids is 2. The first kappa shape index (κ1) is 14.3. The van der Waals surface area contributed by atoms with E-state index in [2.05, 4.69) is 10.6 Å². The summed E-state index contributed by atoms with van der Waals surface area (Å²) in [6.07, 6.45) is 0.341. The highest BCUT2D eigenvalue weighted by Gasteiger charge is 2.18. The number of hydrogen-bond acceptors (Lipinski definition) is 3. The molecule has 1 fully saturated rings. The molecule has 0 aliphatic carbocycles. The summed E-state index contributed by atoms with van der Waals surface area (Å²) in [7, 11) is 0. The molecule has 4 N–H and O–H groups in total. The number of benzene rings is 1. The number of nitrogens with zero attached hydrogens (tertiary/aromatic N) is 1. The molecule has 6 nitrogen and oxygen atoms in total. The van der Waals surface area contributed by atoms with Crippen molar-refractivity contribution in [3.63, 3.8) is 0 Å². The van der Waals surface area contributed by atoms with Gasteiger partial charge in [0.2, 0.25) is 5.91 Å². The van der Waals surface area contributed by atoms with Crippen molar-refractivity contribution in [1.29, 1.82) is 0 Å². The number of hydrogen-bond donors (Lipinski definition) is 3. The van der Waals surface area contributed by atoms with Crippen molar-refractivity contribution in [2.75, 3.05) is 25.0 Å². The predicted octanol–water partition coefficient (Wildman–Crippen LogP) is 1.06. The van der Waals surface area contributed by atoms with Crippen LogP contribution in [0.5, 0.6) is 0 Å². The van der Waals surface area contributed by atoms with Crippen molar-refractivity contribution >= 4 is 17.6 Å². The molecule has 108 valence electrons. The van der Waals surface area contributed by atoms with Crippen molar-refractivity contribution in [3.8, 4) is 0 Å². The van der Waals surface area contributed by atoms with Gasteiger partial charge in [-0.3, -0.25) is 4.79 Å². The first-order chi connectivity index (χ1) is 9.56. The number of amides is 3. The molecule has 1 aromatic carbocycles. The standard InChI is InChI=1S/C14H20N4O2/c1-10(15)11-3-2-4-12(9-11)17-14(20)18-7-5-13(19)16-6-8-18/h2-4,9-10H,5-8,15H2,1H3,(H,16,19)(H,17,20). The van der Waals surface area contributed by atoms with E-state index in [0.29, 0.717) is 31.7 Å². The van der Waals surface area contributed by atoms with E-state index in [4.69, 9.17) is 5.73 Å². The maximum absolute atomic E-state index is 12.2. The smallest absolute Gasteiger partial charge is 0.321 e. The Morgan fingerprint density at radius 1 is 1.45 bits per heavy atom. The molecule has 0 spiro atoms. The largest absolute Gasteiger partial charge is 0.354 e. The highest BCUT2D eigenvalue weighted by Crippen LogP contribution is 2.16. The molecule has 1 aliphatic rings. The van der Waals surface area contributed by atoms with Crippen molar-refractivity contribution in [2.24, 2.45) is 5.73 Å². The van der Waals surface area contributed by atoms with Crippen LogP contribution in [0.3, 0.4) is 0 Å². The Morgan fingerprint density at radius 2 is 2.25 bits per heavy atom. The lowest BCUT2D eigenvalue weighted by molar-refractivity contribution is -0.120. The Bertz CT molecular complexity index is 502. The fraction of sp³-hybridized carbons (Fsp3) is 0.429. The average molecular weight is 276 g/mol. The minimum Gasteiger partial charge on any atom is -0.354 e. The third-order valence-electron chi connectivity index (χ3n) is 3.26. The monoisotopic (exact) mass is 276 g/mol. The third-order valence-corrected chi connectivity index (χ3v) is 3.26. The molecule has 2 rings (SSSR count). The van der Waals surface area contributed by atoms with Gasteiger partial charge >= 0.3 is 6.03 Å². The van der Waals surface area contributed by atoms with Crippen molar-refractivity contribution in [1.82, 2.24) is 10.2 Å². The van der Waals surface area contributed by atoms with Gasteiger partial charge < -0.3 is 21.3 Å². The second-order valence-electron chi connectivity index (χ2n) is 4.93. The van der Waals surface area contributed by atoms with Gasteiger partial charge in [0.15, 0.2) is 0 Å². The van der Waals surface area contributed by atoms with E-state index in [1.54, 1.807) is 4.90 Å². The molecule has 1 heterocycles. The van der Waals surface area contributed by atoms with Gasteiger partial charge in [0.1, 0.15) is 0 Å². The lowest BCUT2D eigenvalue weighted by atomic mass is 10.1. The Balaban J connectivity index is 2.00. The number of nitrogens with two attached hydrogens (primary N) is 1. The first-order valence-corrected chi connectivity index (χ1v) is 6.74. The van der Waals surface area contributed by atoms with E-state index in [1.807, 2.05) is 31.2 Å². The van der Waals surface area contributed by atoms with Crippen molar-refractivity contribution in [2.45, 2.75) is 19.4 Å². The average Bonchev–Trinajstić information content (AvgIpc) is 2.64. The van der Waals surface area contributed by atoms with Crippen LogP contribution < -0.4 is 16.4 Å². The highest BCUT2D eigenvalue weighted by molar-refractivity contribution is 5.90. The topological polar surface area (TPSA) is 87.5 Å². The van der Waals surface area contributed by atoms with Crippen LogP contribution in [0.25, 0.3) is 0 Å². The molecule has 0 saturated carbocycles. The van der Waals surface area contributed by atoms with Crippen molar-refractivity contribution in [3.05, 3.63) is 29.8 Å². The van der Waals surface area contributed by atoms with Crippen LogP contribution >= 0.6 is 0 Å². The fourth-order valence-electron chi connectivity index (χ4n) is 2.07. The van der Waals surface area contributed by atoms with Gasteiger partial charge in [0.05, 0.1) is 0 Å². The molecule has 0 aromatic heterocycles. The van der Waals surface area contributed by atoms with Gasteiger partial charge in [-0.1, -0.05) is 12.1 Å². The second kappa shape index (κ2) is 6.38. The van der Waals surface area contributed by atoms with Gasteiger partial charge in [-0.05, 0) is 24.6 Å². The normalized spacial score (nSPS) is 17.1. The first-order valence-electron chi connectivity index (χ1n) is 6.74. The number of anilines is 1. The molecule has 6 heteroatoms. The van der Waals surface area contributed by atoms with Crippen LogP contribution in [0.15, 0.2) is 24.3 Å². The summed E-state index contributed by atoms with van der Waals surface area (Å²) in [6, 6.07) is 7.21.